The maximum Gasteiger partial charge on any atom is 0.244 e. The first-order valence-electron chi connectivity index (χ1n) is 6.46. The predicted octanol–water partition coefficient (Wildman–Crippen LogP) is 1.25. The zero-order valence-electron chi connectivity index (χ0n) is 12.5. The number of carbonyl (C=O) groups is 2. The van der Waals surface area contributed by atoms with Gasteiger partial charge in [0.25, 0.3) is 0 Å². The normalized spacial score (nSPS) is 11.0. The molecule has 0 aliphatic rings. The van der Waals surface area contributed by atoms with Crippen LogP contribution in [-0.4, -0.2) is 43.0 Å². The zero-order valence-corrected chi connectivity index (χ0v) is 13.3. The molecule has 21 heavy (non-hydrogen) atoms. The topological polar surface area (TPSA) is 84.7 Å². The largest absolute Gasteiger partial charge is 0.495 e. The van der Waals surface area contributed by atoms with Gasteiger partial charge in [-0.2, -0.15) is 0 Å². The van der Waals surface area contributed by atoms with Crippen LogP contribution in [0.3, 0.4) is 0 Å². The molecule has 0 heterocycles. The van der Waals surface area contributed by atoms with E-state index in [2.05, 4.69) is 5.32 Å². The lowest BCUT2D eigenvalue weighted by atomic mass is 10.2. The number of hydrogen-bond acceptors (Lipinski definition) is 4. The molecule has 0 fully saturated rings. The molecule has 118 valence electrons. The van der Waals surface area contributed by atoms with Gasteiger partial charge in [0.2, 0.25) is 11.8 Å². The number of likely N-dealkylation sites (N-methyl/N-ethyl adjacent to an activating group) is 1. The van der Waals surface area contributed by atoms with E-state index in [0.717, 1.165) is 0 Å². The van der Waals surface area contributed by atoms with Crippen molar-refractivity contribution in [3.8, 4) is 5.75 Å². The number of hydrogen-bond donors (Lipinski definition) is 2. The number of anilines is 1. The third kappa shape index (κ3) is 5.61. The molecule has 0 unspecified atom stereocenters. The summed E-state index contributed by atoms with van der Waals surface area (Å²) in [6.45, 7) is 3.80. The minimum atomic E-state index is -0.617. The van der Waals surface area contributed by atoms with Crippen molar-refractivity contribution in [1.29, 1.82) is 0 Å². The highest BCUT2D eigenvalue weighted by molar-refractivity contribution is 5.96. The Morgan fingerprint density at radius 2 is 2.00 bits per heavy atom. The van der Waals surface area contributed by atoms with E-state index in [0.29, 0.717) is 18.0 Å². The minimum absolute atomic E-state index is 0. The number of para-hydroxylation sites is 2. The summed E-state index contributed by atoms with van der Waals surface area (Å²) in [6, 6.07) is 6.48. The van der Waals surface area contributed by atoms with Crippen LogP contribution in [0.2, 0.25) is 0 Å². The molecule has 0 saturated carbocycles. The fourth-order valence-corrected chi connectivity index (χ4v) is 1.74. The van der Waals surface area contributed by atoms with Gasteiger partial charge in [-0.05, 0) is 26.0 Å². The molecule has 0 spiro atoms. The van der Waals surface area contributed by atoms with E-state index < -0.39 is 6.04 Å². The summed E-state index contributed by atoms with van der Waals surface area (Å²) >= 11 is 0. The van der Waals surface area contributed by atoms with Gasteiger partial charge in [0.15, 0.2) is 0 Å². The second kappa shape index (κ2) is 9.20. The fraction of sp³-hybridized carbons (Fsp3) is 0.429. The maximum absolute atomic E-state index is 12.0. The van der Waals surface area contributed by atoms with Crippen molar-refractivity contribution in [2.24, 2.45) is 5.73 Å². The number of nitrogens with zero attached hydrogens (tertiary/aromatic N) is 1. The van der Waals surface area contributed by atoms with Gasteiger partial charge in [0.1, 0.15) is 5.75 Å². The Labute approximate surface area is 131 Å². The zero-order chi connectivity index (χ0) is 15.1. The molecule has 6 nitrogen and oxygen atoms in total. The average molecular weight is 316 g/mol. The molecule has 1 atom stereocenters. The van der Waals surface area contributed by atoms with Crippen LogP contribution in [0.5, 0.6) is 5.75 Å². The van der Waals surface area contributed by atoms with E-state index in [-0.39, 0.29) is 30.8 Å². The van der Waals surface area contributed by atoms with Gasteiger partial charge in [0, 0.05) is 6.54 Å². The number of nitrogens with two attached hydrogens (primary N) is 1. The van der Waals surface area contributed by atoms with E-state index in [4.69, 9.17) is 10.5 Å². The molecular weight excluding hydrogens is 294 g/mol. The van der Waals surface area contributed by atoms with Crippen molar-refractivity contribution >= 4 is 29.9 Å². The molecule has 0 aliphatic heterocycles. The first-order valence-corrected chi connectivity index (χ1v) is 6.46. The third-order valence-corrected chi connectivity index (χ3v) is 2.80. The van der Waals surface area contributed by atoms with Crippen LogP contribution in [-0.2, 0) is 9.59 Å². The smallest absolute Gasteiger partial charge is 0.244 e. The molecule has 0 aromatic heterocycles. The monoisotopic (exact) mass is 315 g/mol. The molecule has 0 radical (unpaired) electrons. The summed E-state index contributed by atoms with van der Waals surface area (Å²) in [7, 11) is 1.53. The van der Waals surface area contributed by atoms with Gasteiger partial charge in [-0.15, -0.1) is 12.4 Å². The Kier molecular flexibility index (Phi) is 8.42. The highest BCUT2D eigenvalue weighted by Gasteiger charge is 2.19. The lowest BCUT2D eigenvalue weighted by Gasteiger charge is -2.22. The maximum atomic E-state index is 12.0. The fourth-order valence-electron chi connectivity index (χ4n) is 1.74. The molecule has 3 N–H and O–H groups in total. The number of benzene rings is 1. The van der Waals surface area contributed by atoms with Crippen molar-refractivity contribution in [1.82, 2.24) is 4.90 Å². The number of ether oxygens (including phenoxy) is 1. The van der Waals surface area contributed by atoms with Crippen molar-refractivity contribution < 1.29 is 14.3 Å². The lowest BCUT2D eigenvalue weighted by molar-refractivity contribution is -0.135. The van der Waals surface area contributed by atoms with Crippen molar-refractivity contribution in [2.45, 2.75) is 19.9 Å². The number of halogens is 1. The number of carbonyl (C=O) groups excluding carboxylic acids is 2. The van der Waals surface area contributed by atoms with Crippen molar-refractivity contribution in [3.63, 3.8) is 0 Å². The summed E-state index contributed by atoms with van der Waals surface area (Å²) in [5, 5.41) is 2.72. The molecule has 1 rings (SSSR count). The van der Waals surface area contributed by atoms with Gasteiger partial charge in [0.05, 0.1) is 25.4 Å². The van der Waals surface area contributed by atoms with Crippen molar-refractivity contribution in [3.05, 3.63) is 24.3 Å². The van der Waals surface area contributed by atoms with Crippen LogP contribution in [0.25, 0.3) is 0 Å². The van der Waals surface area contributed by atoms with Gasteiger partial charge in [-0.1, -0.05) is 12.1 Å². The standard InChI is InChI=1S/C14H21N3O3.ClH/c1-4-17(14(19)10(2)15)9-13(18)16-11-7-5-6-8-12(11)20-3;/h5-8,10H,4,9,15H2,1-3H3,(H,16,18);1H/t10-;/m1./s1. The molecule has 2 amide bonds. The van der Waals surface area contributed by atoms with Crippen molar-refractivity contribution in [2.75, 3.05) is 25.5 Å². The minimum Gasteiger partial charge on any atom is -0.495 e. The number of amides is 2. The van der Waals surface area contributed by atoms with Crippen LogP contribution in [0.1, 0.15) is 13.8 Å². The summed E-state index contributed by atoms with van der Waals surface area (Å²) in [5.41, 5.74) is 6.12. The number of rotatable bonds is 6. The van der Waals surface area contributed by atoms with E-state index >= 15 is 0 Å². The summed E-state index contributed by atoms with van der Waals surface area (Å²) in [5.74, 6) is 0.0374. The molecule has 7 heteroatoms. The first kappa shape index (κ1) is 19.2. The van der Waals surface area contributed by atoms with Crippen LogP contribution in [0, 0.1) is 0 Å². The molecular formula is C14H22ClN3O3. The Hall–Kier alpha value is -1.79. The average Bonchev–Trinajstić information content (AvgIpc) is 2.44. The highest BCUT2D eigenvalue weighted by atomic mass is 35.5. The molecule has 1 aromatic rings. The van der Waals surface area contributed by atoms with E-state index in [1.165, 1.54) is 12.0 Å². The summed E-state index contributed by atoms with van der Waals surface area (Å²) < 4.78 is 5.15. The Morgan fingerprint density at radius 1 is 1.38 bits per heavy atom. The molecule has 0 saturated heterocycles. The Bertz CT molecular complexity index is 480. The quantitative estimate of drug-likeness (QED) is 0.827. The van der Waals surface area contributed by atoms with E-state index in [1.807, 2.05) is 6.07 Å². The van der Waals surface area contributed by atoms with Crippen LogP contribution in [0.4, 0.5) is 5.69 Å². The third-order valence-electron chi connectivity index (χ3n) is 2.80. The SMILES string of the molecule is CCN(CC(=O)Nc1ccccc1OC)C(=O)[C@@H](C)N.Cl. The Balaban J connectivity index is 0.00000400. The van der Waals surface area contributed by atoms with Gasteiger partial charge in [-0.25, -0.2) is 0 Å². The molecule has 0 bridgehead atoms. The van der Waals surface area contributed by atoms with Gasteiger partial charge in [-0.3, -0.25) is 9.59 Å². The van der Waals surface area contributed by atoms with E-state index in [9.17, 15) is 9.59 Å². The summed E-state index contributed by atoms with van der Waals surface area (Å²) in [6.07, 6.45) is 0. The highest BCUT2D eigenvalue weighted by Crippen LogP contribution is 2.22. The van der Waals surface area contributed by atoms with Gasteiger partial charge >= 0.3 is 0 Å². The first-order chi connectivity index (χ1) is 9.49. The Morgan fingerprint density at radius 3 is 2.52 bits per heavy atom. The van der Waals surface area contributed by atoms with Crippen LogP contribution < -0.4 is 15.8 Å². The molecule has 1 aromatic carbocycles. The number of nitrogens with one attached hydrogen (secondary N) is 1. The molecule has 0 aliphatic carbocycles. The second-order valence-electron chi connectivity index (χ2n) is 4.39. The predicted molar refractivity (Wildman–Crippen MR) is 84.8 cm³/mol. The second-order valence-corrected chi connectivity index (χ2v) is 4.39. The van der Waals surface area contributed by atoms with Gasteiger partial charge < -0.3 is 20.7 Å². The number of methoxy groups -OCH3 is 1. The lowest BCUT2D eigenvalue weighted by Crippen LogP contribution is -2.45. The van der Waals surface area contributed by atoms with Crippen LogP contribution in [0.15, 0.2) is 24.3 Å². The van der Waals surface area contributed by atoms with Crippen LogP contribution >= 0.6 is 12.4 Å². The summed E-state index contributed by atoms with van der Waals surface area (Å²) in [4.78, 5) is 25.2. The van der Waals surface area contributed by atoms with E-state index in [1.54, 1.807) is 32.0 Å².